The average molecular weight is 549 g/mol. The molecular formula is C22H24ClF3N4O5S. The lowest BCUT2D eigenvalue weighted by Gasteiger charge is -2.38. The van der Waals surface area contributed by atoms with Crippen LogP contribution in [0.2, 0.25) is 5.02 Å². The Labute approximate surface area is 210 Å². The summed E-state index contributed by atoms with van der Waals surface area (Å²) >= 11 is 6.31. The van der Waals surface area contributed by atoms with Gasteiger partial charge in [-0.05, 0) is 24.3 Å². The lowest BCUT2D eigenvalue weighted by atomic mass is 9.87. The van der Waals surface area contributed by atoms with E-state index in [1.54, 1.807) is 6.07 Å². The third-order valence-corrected chi connectivity index (χ3v) is 6.77. The van der Waals surface area contributed by atoms with Gasteiger partial charge in [-0.2, -0.15) is 17.9 Å². The number of carbonyl (C=O) groups excluding carboxylic acids is 2. The minimum absolute atomic E-state index is 0.0657. The molecule has 2 aromatic carbocycles. The van der Waals surface area contributed by atoms with Gasteiger partial charge in [0.1, 0.15) is 11.9 Å². The lowest BCUT2D eigenvalue weighted by molar-refractivity contribution is -0.132. The number of carbonyl (C=O) groups is 2. The van der Waals surface area contributed by atoms with E-state index in [1.807, 2.05) is 9.44 Å². The highest BCUT2D eigenvalue weighted by molar-refractivity contribution is 7.87. The summed E-state index contributed by atoms with van der Waals surface area (Å²) in [5.74, 6) is -5.49. The Morgan fingerprint density at radius 1 is 1.14 bits per heavy atom. The number of nitrogens with one attached hydrogen (secondary N) is 3. The maximum Gasteiger partial charge on any atom is 0.277 e. The Kier molecular flexibility index (Phi) is 8.95. The number of hydrogen-bond donors (Lipinski definition) is 4. The number of aliphatic hydroxyl groups is 1. The number of benzene rings is 2. The van der Waals surface area contributed by atoms with Gasteiger partial charge in [-0.3, -0.25) is 14.5 Å². The average Bonchev–Trinajstić information content (AvgIpc) is 2.79. The number of nitrogens with zero attached hydrogens (tertiary/aromatic N) is 1. The first-order chi connectivity index (χ1) is 16.9. The second kappa shape index (κ2) is 11.6. The summed E-state index contributed by atoms with van der Waals surface area (Å²) in [6.07, 6.45) is -1.17. The van der Waals surface area contributed by atoms with Crippen LogP contribution in [0.25, 0.3) is 0 Å². The van der Waals surface area contributed by atoms with E-state index < -0.39 is 71.8 Å². The standard InChI is InChI=1S/C22H24ClF3N4O5S/c23-18-7-2-1-6-17(18)20(21(33)29-15-11-22(25,26)12-15)30(16-5-3-4-14(24)10-16)19(32)13-28-36(34,35)27-8-9-31/h1-7,10,15,20,27-28,31H,8-9,11-13H2,(H,29,33). The molecule has 196 valence electrons. The Balaban J connectivity index is 2.00. The Bertz CT molecular complexity index is 1210. The molecule has 4 N–H and O–H groups in total. The van der Waals surface area contributed by atoms with E-state index in [9.17, 15) is 31.2 Å². The molecular weight excluding hydrogens is 525 g/mol. The fraction of sp³-hybridized carbons (Fsp3) is 0.364. The van der Waals surface area contributed by atoms with Crippen LogP contribution in [0.1, 0.15) is 24.4 Å². The molecule has 1 unspecified atom stereocenters. The summed E-state index contributed by atoms with van der Waals surface area (Å²) in [4.78, 5) is 27.6. The minimum atomic E-state index is -4.20. The van der Waals surface area contributed by atoms with Gasteiger partial charge in [-0.25, -0.2) is 13.2 Å². The first kappa shape index (κ1) is 27.9. The van der Waals surface area contributed by atoms with E-state index in [-0.39, 0.29) is 22.8 Å². The Morgan fingerprint density at radius 3 is 2.44 bits per heavy atom. The van der Waals surface area contributed by atoms with Crippen molar-refractivity contribution in [3.8, 4) is 0 Å². The highest BCUT2D eigenvalue weighted by atomic mass is 35.5. The van der Waals surface area contributed by atoms with Gasteiger partial charge in [0.25, 0.3) is 16.1 Å². The molecule has 0 aromatic heterocycles. The molecule has 0 bridgehead atoms. The fourth-order valence-corrected chi connectivity index (χ4v) is 4.69. The Hall–Kier alpha value is -2.71. The Morgan fingerprint density at radius 2 is 1.83 bits per heavy atom. The molecule has 0 heterocycles. The second-order valence-corrected chi connectivity index (χ2v) is 10.1. The van der Waals surface area contributed by atoms with Gasteiger partial charge < -0.3 is 10.4 Å². The van der Waals surface area contributed by atoms with E-state index in [0.717, 1.165) is 17.0 Å². The van der Waals surface area contributed by atoms with E-state index in [2.05, 4.69) is 5.32 Å². The topological polar surface area (TPSA) is 128 Å². The van der Waals surface area contributed by atoms with E-state index in [0.29, 0.717) is 0 Å². The number of anilines is 1. The highest BCUT2D eigenvalue weighted by Crippen LogP contribution is 2.38. The molecule has 0 radical (unpaired) electrons. The predicted octanol–water partition coefficient (Wildman–Crippen LogP) is 1.88. The van der Waals surface area contributed by atoms with Crippen molar-refractivity contribution in [1.82, 2.24) is 14.8 Å². The maximum atomic E-state index is 14.1. The quantitative estimate of drug-likeness (QED) is 0.341. The molecule has 1 aliphatic rings. The van der Waals surface area contributed by atoms with E-state index in [4.69, 9.17) is 16.7 Å². The molecule has 0 spiro atoms. The van der Waals surface area contributed by atoms with Crippen LogP contribution in [0.15, 0.2) is 48.5 Å². The largest absolute Gasteiger partial charge is 0.395 e. The summed E-state index contributed by atoms with van der Waals surface area (Å²) in [6, 6.07) is 8.27. The van der Waals surface area contributed by atoms with Crippen molar-refractivity contribution in [2.45, 2.75) is 30.8 Å². The number of hydrogen-bond acceptors (Lipinski definition) is 5. The summed E-state index contributed by atoms with van der Waals surface area (Å²) < 4.78 is 68.9. The zero-order valence-electron chi connectivity index (χ0n) is 18.8. The molecule has 3 rings (SSSR count). The first-order valence-corrected chi connectivity index (χ1v) is 12.6. The maximum absolute atomic E-state index is 14.1. The zero-order chi connectivity index (χ0) is 26.5. The van der Waals surface area contributed by atoms with Crippen LogP contribution < -0.4 is 19.7 Å². The van der Waals surface area contributed by atoms with Crippen LogP contribution in [-0.4, -0.2) is 57.0 Å². The summed E-state index contributed by atoms with van der Waals surface area (Å²) in [5, 5.41) is 11.4. The van der Waals surface area contributed by atoms with Crippen molar-refractivity contribution in [1.29, 1.82) is 0 Å². The van der Waals surface area contributed by atoms with Crippen LogP contribution in [0, 0.1) is 5.82 Å². The lowest BCUT2D eigenvalue weighted by Crippen LogP contribution is -2.55. The van der Waals surface area contributed by atoms with Gasteiger partial charge in [-0.15, -0.1) is 0 Å². The van der Waals surface area contributed by atoms with Gasteiger partial charge in [0, 0.05) is 41.7 Å². The normalized spacial score (nSPS) is 16.1. The number of rotatable bonds is 11. The summed E-state index contributed by atoms with van der Waals surface area (Å²) in [6.45, 7) is -1.65. The number of amides is 2. The molecule has 9 nitrogen and oxygen atoms in total. The van der Waals surface area contributed by atoms with Crippen LogP contribution in [0.5, 0.6) is 0 Å². The summed E-state index contributed by atoms with van der Waals surface area (Å²) in [7, 11) is -4.20. The third kappa shape index (κ3) is 7.17. The number of alkyl halides is 2. The van der Waals surface area contributed by atoms with Gasteiger partial charge in [0.05, 0.1) is 13.2 Å². The molecule has 14 heteroatoms. The monoisotopic (exact) mass is 548 g/mol. The van der Waals surface area contributed by atoms with Gasteiger partial charge in [0.15, 0.2) is 0 Å². The van der Waals surface area contributed by atoms with E-state index in [1.165, 1.54) is 30.3 Å². The van der Waals surface area contributed by atoms with Crippen LogP contribution in [0.3, 0.4) is 0 Å². The van der Waals surface area contributed by atoms with Crippen molar-refractivity contribution >= 4 is 39.3 Å². The van der Waals surface area contributed by atoms with Crippen molar-refractivity contribution in [2.24, 2.45) is 0 Å². The molecule has 36 heavy (non-hydrogen) atoms. The molecule has 1 aliphatic carbocycles. The van der Waals surface area contributed by atoms with Gasteiger partial charge in [0.2, 0.25) is 11.8 Å². The van der Waals surface area contributed by atoms with Crippen LogP contribution >= 0.6 is 11.6 Å². The van der Waals surface area contributed by atoms with Crippen LogP contribution in [0.4, 0.5) is 18.9 Å². The minimum Gasteiger partial charge on any atom is -0.395 e. The fourth-order valence-electron chi connectivity index (χ4n) is 3.67. The molecule has 1 atom stereocenters. The zero-order valence-corrected chi connectivity index (χ0v) is 20.3. The van der Waals surface area contributed by atoms with E-state index >= 15 is 0 Å². The van der Waals surface area contributed by atoms with Gasteiger partial charge >= 0.3 is 0 Å². The van der Waals surface area contributed by atoms with Crippen molar-refractivity contribution < 1.29 is 36.3 Å². The molecule has 2 aromatic rings. The number of halogens is 4. The predicted molar refractivity (Wildman–Crippen MR) is 126 cm³/mol. The second-order valence-electron chi connectivity index (χ2n) is 8.08. The van der Waals surface area contributed by atoms with Crippen LogP contribution in [-0.2, 0) is 19.8 Å². The first-order valence-electron chi connectivity index (χ1n) is 10.8. The molecule has 1 fully saturated rings. The highest BCUT2D eigenvalue weighted by Gasteiger charge is 2.47. The number of aliphatic hydroxyl groups excluding tert-OH is 1. The molecule has 1 saturated carbocycles. The van der Waals surface area contributed by atoms with Crippen molar-refractivity contribution in [3.05, 3.63) is 64.9 Å². The van der Waals surface area contributed by atoms with Crippen molar-refractivity contribution in [3.63, 3.8) is 0 Å². The third-order valence-electron chi connectivity index (χ3n) is 5.32. The molecule has 0 aliphatic heterocycles. The van der Waals surface area contributed by atoms with Crippen molar-refractivity contribution in [2.75, 3.05) is 24.6 Å². The molecule has 0 saturated heterocycles. The SMILES string of the molecule is O=C(NC1CC(F)(F)C1)C(c1ccccc1Cl)N(C(=O)CNS(=O)(=O)NCCO)c1cccc(F)c1. The smallest absolute Gasteiger partial charge is 0.277 e. The summed E-state index contributed by atoms with van der Waals surface area (Å²) in [5.41, 5.74) is 0.0168. The molecule has 2 amide bonds. The van der Waals surface area contributed by atoms with Gasteiger partial charge in [-0.1, -0.05) is 35.9 Å².